The molecule has 1 unspecified atom stereocenters. The number of thiocarbonyl (C=S) groups is 1. The molecule has 2 fully saturated rings. The van der Waals surface area contributed by atoms with E-state index in [0.29, 0.717) is 11.3 Å². The molecule has 28 heavy (non-hydrogen) atoms. The highest BCUT2D eigenvalue weighted by Crippen LogP contribution is 2.60. The molecule has 0 aromatic heterocycles. The van der Waals surface area contributed by atoms with Crippen LogP contribution in [0.3, 0.4) is 0 Å². The van der Waals surface area contributed by atoms with E-state index in [0.717, 1.165) is 23.1 Å². The summed E-state index contributed by atoms with van der Waals surface area (Å²) in [5, 5.41) is 0. The van der Waals surface area contributed by atoms with Crippen molar-refractivity contribution < 1.29 is 14.3 Å². The Hall–Kier alpha value is -2.53. The van der Waals surface area contributed by atoms with Gasteiger partial charge in [0.25, 0.3) is 5.91 Å². The molecule has 5 heteroatoms. The Morgan fingerprint density at radius 1 is 1.07 bits per heavy atom. The van der Waals surface area contributed by atoms with Crippen molar-refractivity contribution in [3.63, 3.8) is 0 Å². The van der Waals surface area contributed by atoms with E-state index in [1.54, 1.807) is 20.8 Å². The van der Waals surface area contributed by atoms with Crippen LogP contribution in [0.25, 0.3) is 11.1 Å². The van der Waals surface area contributed by atoms with Crippen molar-refractivity contribution in [2.24, 2.45) is 0 Å². The zero-order valence-electron chi connectivity index (χ0n) is 16.3. The molecular formula is C23H23NO3S. The number of imide groups is 1. The van der Waals surface area contributed by atoms with Gasteiger partial charge in [-0.05, 0) is 43.9 Å². The molecule has 1 aliphatic carbocycles. The minimum absolute atomic E-state index is 0.0919. The first kappa shape index (κ1) is 18.8. The highest BCUT2D eigenvalue weighted by molar-refractivity contribution is 7.82. The Morgan fingerprint density at radius 3 is 2.29 bits per heavy atom. The third-order valence-corrected chi connectivity index (χ3v) is 5.71. The molecular weight excluding hydrogens is 370 g/mol. The van der Waals surface area contributed by atoms with Gasteiger partial charge < -0.3 is 4.74 Å². The fourth-order valence-electron chi connectivity index (χ4n) is 4.04. The standard InChI is InChI=1S/C23H23NO3S/c1-22(2,3)27-21(26)24-20(25)19(28)14-23(24)13-18(23)17-11-9-16(10-12-17)15-7-5-4-6-8-15/h4-12,18H,13-14H2,1-3H3/t18?,23-/m0/s1. The lowest BCUT2D eigenvalue weighted by Gasteiger charge is -2.27. The molecule has 1 spiro atoms. The number of rotatable bonds is 2. The lowest BCUT2D eigenvalue weighted by molar-refractivity contribution is -0.123. The second kappa shape index (κ2) is 6.52. The zero-order valence-corrected chi connectivity index (χ0v) is 17.1. The molecule has 1 saturated heterocycles. The lowest BCUT2D eigenvalue weighted by Crippen LogP contribution is -2.44. The van der Waals surface area contributed by atoms with E-state index < -0.39 is 17.2 Å². The zero-order chi connectivity index (χ0) is 20.1. The first-order chi connectivity index (χ1) is 13.2. The van der Waals surface area contributed by atoms with Crippen molar-refractivity contribution in [1.82, 2.24) is 4.90 Å². The summed E-state index contributed by atoms with van der Waals surface area (Å²) in [4.78, 5) is 26.9. The van der Waals surface area contributed by atoms with E-state index in [4.69, 9.17) is 17.0 Å². The number of likely N-dealkylation sites (tertiary alicyclic amines) is 1. The quantitative estimate of drug-likeness (QED) is 0.665. The molecule has 0 bridgehead atoms. The maximum atomic E-state index is 12.7. The third-order valence-electron chi connectivity index (χ3n) is 5.40. The maximum absolute atomic E-state index is 12.7. The summed E-state index contributed by atoms with van der Waals surface area (Å²) >= 11 is 5.26. The van der Waals surface area contributed by atoms with Gasteiger partial charge in [-0.3, -0.25) is 4.79 Å². The molecule has 0 radical (unpaired) electrons. The van der Waals surface area contributed by atoms with Crippen LogP contribution in [0.4, 0.5) is 4.79 Å². The van der Waals surface area contributed by atoms with Crippen LogP contribution in [0.5, 0.6) is 0 Å². The van der Waals surface area contributed by atoms with Crippen LogP contribution in [0.2, 0.25) is 0 Å². The number of benzene rings is 2. The van der Waals surface area contributed by atoms with Crippen LogP contribution < -0.4 is 0 Å². The van der Waals surface area contributed by atoms with Crippen LogP contribution in [-0.4, -0.2) is 32.9 Å². The Kier molecular flexibility index (Phi) is 4.38. The van der Waals surface area contributed by atoms with Crippen LogP contribution in [-0.2, 0) is 9.53 Å². The van der Waals surface area contributed by atoms with Crippen LogP contribution in [0, 0.1) is 0 Å². The first-order valence-corrected chi connectivity index (χ1v) is 9.88. The van der Waals surface area contributed by atoms with Crippen molar-refractivity contribution in [3.05, 3.63) is 60.2 Å². The van der Waals surface area contributed by atoms with E-state index >= 15 is 0 Å². The Labute approximate surface area is 170 Å². The highest BCUT2D eigenvalue weighted by Gasteiger charge is 2.67. The van der Waals surface area contributed by atoms with Gasteiger partial charge in [-0.2, -0.15) is 0 Å². The van der Waals surface area contributed by atoms with E-state index in [9.17, 15) is 9.59 Å². The maximum Gasteiger partial charge on any atom is 0.417 e. The van der Waals surface area contributed by atoms with E-state index in [2.05, 4.69) is 36.4 Å². The summed E-state index contributed by atoms with van der Waals surface area (Å²) in [7, 11) is 0. The molecule has 2 atom stereocenters. The number of ether oxygens (including phenoxy) is 1. The molecule has 4 nitrogen and oxygen atoms in total. The van der Waals surface area contributed by atoms with Gasteiger partial charge in [0.05, 0.1) is 10.4 Å². The molecule has 2 amide bonds. The fraction of sp³-hybridized carbons (Fsp3) is 0.348. The van der Waals surface area contributed by atoms with Crippen molar-refractivity contribution in [2.45, 2.75) is 50.7 Å². The number of hydrogen-bond acceptors (Lipinski definition) is 4. The Balaban J connectivity index is 1.59. The Morgan fingerprint density at radius 2 is 1.68 bits per heavy atom. The highest BCUT2D eigenvalue weighted by atomic mass is 32.1. The average Bonchev–Trinajstić information content (AvgIpc) is 3.28. The van der Waals surface area contributed by atoms with E-state index in [1.807, 2.05) is 18.2 Å². The topological polar surface area (TPSA) is 46.6 Å². The van der Waals surface area contributed by atoms with Crippen LogP contribution in [0.1, 0.15) is 45.1 Å². The monoisotopic (exact) mass is 393 g/mol. The average molecular weight is 394 g/mol. The number of carbonyl (C=O) groups excluding carboxylic acids is 2. The minimum atomic E-state index is -0.662. The molecule has 1 saturated carbocycles. The summed E-state index contributed by atoms with van der Waals surface area (Å²) in [6, 6.07) is 18.5. The van der Waals surface area contributed by atoms with Gasteiger partial charge in [0.15, 0.2) is 0 Å². The third kappa shape index (κ3) is 3.24. The predicted octanol–water partition coefficient (Wildman–Crippen LogP) is 5.12. The minimum Gasteiger partial charge on any atom is -0.443 e. The van der Waals surface area contributed by atoms with Crippen molar-refractivity contribution in [1.29, 1.82) is 0 Å². The van der Waals surface area contributed by atoms with E-state index in [-0.39, 0.29) is 11.8 Å². The summed E-state index contributed by atoms with van der Waals surface area (Å²) in [5.41, 5.74) is 2.19. The number of hydrogen-bond donors (Lipinski definition) is 0. The SMILES string of the molecule is CC(C)(C)OC(=O)N1C(=O)C(=S)C[C@]12CC2c1ccc(-c2ccccc2)cc1. The number of carbonyl (C=O) groups is 2. The second-order valence-electron chi connectivity index (χ2n) is 8.57. The molecule has 4 rings (SSSR count). The van der Waals surface area contributed by atoms with Gasteiger partial charge in [0.2, 0.25) is 0 Å². The van der Waals surface area contributed by atoms with Crippen LogP contribution >= 0.6 is 12.2 Å². The second-order valence-corrected chi connectivity index (χ2v) is 9.06. The normalized spacial score (nSPS) is 24.0. The first-order valence-electron chi connectivity index (χ1n) is 9.47. The predicted molar refractivity (Wildman–Crippen MR) is 112 cm³/mol. The van der Waals surface area contributed by atoms with Gasteiger partial charge in [0, 0.05) is 12.3 Å². The molecule has 2 aliphatic rings. The Bertz CT molecular complexity index is 946. The number of amides is 2. The molecule has 1 heterocycles. The van der Waals surface area contributed by atoms with Gasteiger partial charge in [0.1, 0.15) is 5.60 Å². The van der Waals surface area contributed by atoms with Gasteiger partial charge in [-0.1, -0.05) is 66.8 Å². The smallest absolute Gasteiger partial charge is 0.417 e. The summed E-state index contributed by atoms with van der Waals surface area (Å²) in [5.74, 6) is -0.290. The summed E-state index contributed by atoms with van der Waals surface area (Å²) < 4.78 is 5.48. The van der Waals surface area contributed by atoms with Gasteiger partial charge in [-0.25, -0.2) is 9.69 Å². The van der Waals surface area contributed by atoms with Crippen molar-refractivity contribution >= 4 is 29.1 Å². The summed E-state index contributed by atoms with van der Waals surface area (Å²) in [6.07, 6.45) is 0.565. The largest absolute Gasteiger partial charge is 0.443 e. The van der Waals surface area contributed by atoms with E-state index in [1.165, 1.54) is 4.90 Å². The molecule has 2 aromatic carbocycles. The molecule has 0 N–H and O–H groups in total. The van der Waals surface area contributed by atoms with Crippen molar-refractivity contribution in [3.8, 4) is 11.1 Å². The fourth-order valence-corrected chi connectivity index (χ4v) is 4.38. The van der Waals surface area contributed by atoms with Crippen molar-refractivity contribution in [2.75, 3.05) is 0 Å². The molecule has 1 aliphatic heterocycles. The van der Waals surface area contributed by atoms with Gasteiger partial charge in [-0.15, -0.1) is 0 Å². The van der Waals surface area contributed by atoms with Gasteiger partial charge >= 0.3 is 6.09 Å². The number of nitrogens with zero attached hydrogens (tertiary/aromatic N) is 1. The van der Waals surface area contributed by atoms with Crippen LogP contribution in [0.15, 0.2) is 54.6 Å². The molecule has 2 aromatic rings. The summed E-state index contributed by atoms with van der Waals surface area (Å²) in [6.45, 7) is 5.38. The lowest BCUT2D eigenvalue weighted by atomic mass is 10.00. The molecule has 144 valence electrons.